The Labute approximate surface area is 170 Å². The van der Waals surface area contributed by atoms with Gasteiger partial charge in [0.1, 0.15) is 0 Å². The van der Waals surface area contributed by atoms with Gasteiger partial charge in [-0.1, -0.05) is 24.3 Å². The summed E-state index contributed by atoms with van der Waals surface area (Å²) >= 11 is 0. The molecule has 6 heteroatoms. The van der Waals surface area contributed by atoms with Crippen molar-refractivity contribution in [3.8, 4) is 11.5 Å². The number of nitrogens with zero attached hydrogens (tertiary/aromatic N) is 1. The highest BCUT2D eigenvalue weighted by molar-refractivity contribution is 5.84. The van der Waals surface area contributed by atoms with Gasteiger partial charge in [-0.05, 0) is 55.6 Å². The lowest BCUT2D eigenvalue weighted by molar-refractivity contribution is -0.131. The Kier molecular flexibility index (Phi) is 5.71. The number of nitrogens with one attached hydrogen (secondary N) is 1. The molecule has 0 radical (unpaired) electrons. The molecule has 4 rings (SSSR count). The number of amides is 1. The van der Waals surface area contributed by atoms with Crippen molar-refractivity contribution in [1.82, 2.24) is 9.88 Å². The van der Waals surface area contributed by atoms with E-state index >= 15 is 0 Å². The van der Waals surface area contributed by atoms with Crippen LogP contribution in [0.3, 0.4) is 0 Å². The van der Waals surface area contributed by atoms with Gasteiger partial charge in [-0.15, -0.1) is 0 Å². The highest BCUT2D eigenvalue weighted by Gasteiger charge is 2.18. The molecular weight excluding hydrogens is 366 g/mol. The van der Waals surface area contributed by atoms with Gasteiger partial charge in [0.25, 0.3) is 0 Å². The molecule has 6 nitrogen and oxygen atoms in total. The molecule has 0 unspecified atom stereocenters. The summed E-state index contributed by atoms with van der Waals surface area (Å²) in [4.78, 5) is 18.2. The first-order chi connectivity index (χ1) is 14.2. The average molecular weight is 393 g/mol. The van der Waals surface area contributed by atoms with Crippen molar-refractivity contribution in [2.45, 2.75) is 32.7 Å². The van der Waals surface area contributed by atoms with Gasteiger partial charge in [0, 0.05) is 36.1 Å². The van der Waals surface area contributed by atoms with Crippen LogP contribution in [0.5, 0.6) is 11.5 Å². The smallest absolute Gasteiger partial charge is 0.231 e. The zero-order valence-corrected chi connectivity index (χ0v) is 16.7. The van der Waals surface area contributed by atoms with Gasteiger partial charge in [-0.3, -0.25) is 4.79 Å². The van der Waals surface area contributed by atoms with Crippen LogP contribution in [-0.2, 0) is 17.8 Å². The molecule has 3 N–H and O–H groups in total. The van der Waals surface area contributed by atoms with Crippen LogP contribution in [-0.4, -0.2) is 35.7 Å². The molecule has 0 bridgehead atoms. The molecule has 1 amide bonds. The second kappa shape index (κ2) is 8.57. The lowest BCUT2D eigenvalue weighted by Gasteiger charge is -2.23. The second-order valence-electron chi connectivity index (χ2n) is 7.42. The van der Waals surface area contributed by atoms with E-state index < -0.39 is 0 Å². The molecule has 29 heavy (non-hydrogen) atoms. The number of rotatable bonds is 8. The summed E-state index contributed by atoms with van der Waals surface area (Å²) in [7, 11) is 0. The molecule has 0 saturated carbocycles. The SMILES string of the molecule is Cc1[nH]c2ccccc2c1CCN(Cc1ccc2c(c1)OCO2)C(=O)CCCN. The maximum atomic E-state index is 12.9. The summed E-state index contributed by atoms with van der Waals surface area (Å²) in [5.74, 6) is 1.62. The van der Waals surface area contributed by atoms with Crippen LogP contribution in [0, 0.1) is 6.92 Å². The van der Waals surface area contributed by atoms with Crippen molar-refractivity contribution in [2.75, 3.05) is 19.9 Å². The van der Waals surface area contributed by atoms with Gasteiger partial charge < -0.3 is 25.1 Å². The van der Waals surface area contributed by atoms with Gasteiger partial charge >= 0.3 is 0 Å². The molecule has 2 heterocycles. The summed E-state index contributed by atoms with van der Waals surface area (Å²) in [5, 5.41) is 1.22. The van der Waals surface area contributed by atoms with Crippen molar-refractivity contribution < 1.29 is 14.3 Å². The topological polar surface area (TPSA) is 80.6 Å². The Balaban J connectivity index is 1.52. The minimum atomic E-state index is 0.130. The normalized spacial score (nSPS) is 12.5. The summed E-state index contributed by atoms with van der Waals surface area (Å²) in [5.41, 5.74) is 10.2. The van der Waals surface area contributed by atoms with E-state index in [1.807, 2.05) is 29.2 Å². The van der Waals surface area contributed by atoms with E-state index in [1.165, 1.54) is 10.9 Å². The molecule has 1 aliphatic heterocycles. The number of ether oxygens (including phenoxy) is 2. The number of fused-ring (bicyclic) bond motifs is 2. The first-order valence-electron chi connectivity index (χ1n) is 10.1. The average Bonchev–Trinajstić information content (AvgIpc) is 3.32. The summed E-state index contributed by atoms with van der Waals surface area (Å²) < 4.78 is 10.9. The third-order valence-electron chi connectivity index (χ3n) is 5.42. The summed E-state index contributed by atoms with van der Waals surface area (Å²) in [6.45, 7) is 4.05. The molecule has 0 spiro atoms. The molecule has 2 aromatic carbocycles. The number of aromatic nitrogens is 1. The fraction of sp³-hybridized carbons (Fsp3) is 0.348. The summed E-state index contributed by atoms with van der Waals surface area (Å²) in [6, 6.07) is 14.2. The van der Waals surface area contributed by atoms with E-state index in [1.54, 1.807) is 0 Å². The van der Waals surface area contributed by atoms with Gasteiger partial charge in [-0.25, -0.2) is 0 Å². The van der Waals surface area contributed by atoms with Crippen molar-refractivity contribution in [3.05, 3.63) is 59.3 Å². The maximum Gasteiger partial charge on any atom is 0.231 e. The number of carbonyl (C=O) groups is 1. The van der Waals surface area contributed by atoms with Crippen LogP contribution in [0.15, 0.2) is 42.5 Å². The molecular formula is C23H27N3O3. The molecule has 1 aliphatic rings. The minimum absolute atomic E-state index is 0.130. The molecule has 1 aromatic heterocycles. The standard InChI is InChI=1S/C23H27N3O3/c1-16-18(19-5-2-3-6-20(19)25-16)10-12-26(23(27)7-4-11-24)14-17-8-9-21-22(13-17)29-15-28-21/h2-3,5-6,8-9,13,25H,4,7,10-12,14-15,24H2,1H3. The third-order valence-corrected chi connectivity index (χ3v) is 5.42. The van der Waals surface area contributed by atoms with Crippen molar-refractivity contribution in [3.63, 3.8) is 0 Å². The van der Waals surface area contributed by atoms with Gasteiger partial charge in [0.2, 0.25) is 12.7 Å². The number of hydrogen-bond acceptors (Lipinski definition) is 4. The van der Waals surface area contributed by atoms with Crippen molar-refractivity contribution in [2.24, 2.45) is 5.73 Å². The first kappa shape index (κ1) is 19.3. The number of aromatic amines is 1. The lowest BCUT2D eigenvalue weighted by atomic mass is 10.1. The number of aryl methyl sites for hydroxylation is 1. The Morgan fingerprint density at radius 2 is 2.00 bits per heavy atom. The number of para-hydroxylation sites is 1. The predicted octanol–water partition coefficient (Wildman–Crippen LogP) is 3.52. The van der Waals surface area contributed by atoms with E-state index in [0.717, 1.165) is 34.7 Å². The first-order valence-corrected chi connectivity index (χ1v) is 10.1. The quantitative estimate of drug-likeness (QED) is 0.614. The van der Waals surface area contributed by atoms with E-state index in [0.29, 0.717) is 32.5 Å². The van der Waals surface area contributed by atoms with Gasteiger partial charge in [0.05, 0.1) is 0 Å². The Hall–Kier alpha value is -2.99. The zero-order chi connectivity index (χ0) is 20.2. The Morgan fingerprint density at radius 1 is 1.17 bits per heavy atom. The molecule has 0 aliphatic carbocycles. The third kappa shape index (κ3) is 4.22. The molecule has 0 fully saturated rings. The predicted molar refractivity (Wildman–Crippen MR) is 113 cm³/mol. The highest BCUT2D eigenvalue weighted by atomic mass is 16.7. The Bertz CT molecular complexity index is 1010. The van der Waals surface area contributed by atoms with E-state index in [2.05, 4.69) is 30.1 Å². The van der Waals surface area contributed by atoms with Crippen LogP contribution in [0.2, 0.25) is 0 Å². The van der Waals surface area contributed by atoms with E-state index in [4.69, 9.17) is 15.2 Å². The Morgan fingerprint density at radius 3 is 2.86 bits per heavy atom. The number of H-pyrrole nitrogens is 1. The van der Waals surface area contributed by atoms with Gasteiger partial charge in [-0.2, -0.15) is 0 Å². The number of benzene rings is 2. The van der Waals surface area contributed by atoms with E-state index in [-0.39, 0.29) is 12.7 Å². The highest BCUT2D eigenvalue weighted by Crippen LogP contribution is 2.33. The molecule has 0 saturated heterocycles. The van der Waals surface area contributed by atoms with Crippen molar-refractivity contribution >= 4 is 16.8 Å². The zero-order valence-electron chi connectivity index (χ0n) is 16.7. The number of nitrogens with two attached hydrogens (primary N) is 1. The second-order valence-corrected chi connectivity index (χ2v) is 7.42. The fourth-order valence-corrected chi connectivity index (χ4v) is 3.87. The number of carbonyl (C=O) groups excluding carboxylic acids is 1. The van der Waals surface area contributed by atoms with Crippen LogP contribution in [0.4, 0.5) is 0 Å². The molecule has 0 atom stereocenters. The van der Waals surface area contributed by atoms with E-state index in [9.17, 15) is 4.79 Å². The summed E-state index contributed by atoms with van der Waals surface area (Å²) in [6.07, 6.45) is 1.96. The van der Waals surface area contributed by atoms with Crippen LogP contribution in [0.25, 0.3) is 10.9 Å². The number of hydrogen-bond donors (Lipinski definition) is 2. The monoisotopic (exact) mass is 393 g/mol. The lowest BCUT2D eigenvalue weighted by Crippen LogP contribution is -2.32. The largest absolute Gasteiger partial charge is 0.454 e. The fourth-order valence-electron chi connectivity index (χ4n) is 3.87. The van der Waals surface area contributed by atoms with Crippen LogP contribution in [0.1, 0.15) is 29.7 Å². The van der Waals surface area contributed by atoms with Crippen molar-refractivity contribution in [1.29, 1.82) is 0 Å². The molecule has 152 valence electrons. The molecule has 3 aromatic rings. The minimum Gasteiger partial charge on any atom is -0.454 e. The van der Waals surface area contributed by atoms with Crippen LogP contribution >= 0.6 is 0 Å². The van der Waals surface area contributed by atoms with Crippen LogP contribution < -0.4 is 15.2 Å². The van der Waals surface area contributed by atoms with Gasteiger partial charge in [0.15, 0.2) is 11.5 Å². The maximum absolute atomic E-state index is 12.9.